The van der Waals surface area contributed by atoms with Crippen molar-refractivity contribution in [2.24, 2.45) is 0 Å². The highest BCUT2D eigenvalue weighted by Crippen LogP contribution is 2.22. The number of carbonyl (C=O) groups is 3. The Balaban J connectivity index is 1.29. The van der Waals surface area contributed by atoms with Gasteiger partial charge in [-0.3, -0.25) is 14.4 Å². The van der Waals surface area contributed by atoms with Gasteiger partial charge < -0.3 is 15.1 Å². The molecule has 2 aromatic carbocycles. The lowest BCUT2D eigenvalue weighted by molar-refractivity contribution is -0.130. The molecule has 1 N–H and O–H groups in total. The van der Waals surface area contributed by atoms with Crippen LogP contribution in [0.25, 0.3) is 0 Å². The van der Waals surface area contributed by atoms with Gasteiger partial charge in [-0.05, 0) is 56.2 Å². The summed E-state index contributed by atoms with van der Waals surface area (Å²) in [5, 5.41) is 2.64. The van der Waals surface area contributed by atoms with E-state index in [0.717, 1.165) is 17.7 Å². The van der Waals surface area contributed by atoms with E-state index in [1.807, 2.05) is 6.92 Å². The van der Waals surface area contributed by atoms with Crippen molar-refractivity contribution in [3.8, 4) is 0 Å². The summed E-state index contributed by atoms with van der Waals surface area (Å²) in [4.78, 5) is 40.6. The Morgan fingerprint density at radius 1 is 0.886 bits per heavy atom. The average molecular weight is 499 g/mol. The largest absolute Gasteiger partial charge is 0.343 e. The molecule has 0 atom stereocenters. The molecule has 0 aromatic heterocycles. The molecule has 2 fully saturated rings. The molecule has 2 aromatic rings. The lowest BCUT2D eigenvalue weighted by atomic mass is 10.2. The summed E-state index contributed by atoms with van der Waals surface area (Å²) in [6, 6.07) is 13.5. The molecular weight excluding hydrogens is 468 g/mol. The highest BCUT2D eigenvalue weighted by molar-refractivity contribution is 7.89. The number of anilines is 1. The molecule has 4 rings (SSSR count). The summed E-state index contributed by atoms with van der Waals surface area (Å²) in [5.41, 5.74) is 2.14. The maximum Gasteiger partial charge on any atom is 0.251 e. The third kappa shape index (κ3) is 5.71. The molecule has 9 nitrogen and oxygen atoms in total. The molecule has 0 saturated carbocycles. The first kappa shape index (κ1) is 24.9. The Hall–Kier alpha value is -3.24. The first-order valence-electron chi connectivity index (χ1n) is 11.8. The number of aryl methyl sites for hydroxylation is 1. The van der Waals surface area contributed by atoms with Crippen molar-refractivity contribution in [1.82, 2.24) is 14.5 Å². The smallest absolute Gasteiger partial charge is 0.251 e. The summed E-state index contributed by atoms with van der Waals surface area (Å²) in [6.07, 6.45) is 1.88. The van der Waals surface area contributed by atoms with Crippen LogP contribution in [0.4, 0.5) is 5.69 Å². The fourth-order valence-electron chi connectivity index (χ4n) is 4.33. The SMILES string of the molecule is Cc1ccc(S(=O)(=O)N2CCCN(C(=O)CNC(=O)c3ccc(N4CCCC4=O)cc3)CC2)cc1. The van der Waals surface area contributed by atoms with Crippen molar-refractivity contribution in [2.45, 2.75) is 31.1 Å². The maximum atomic E-state index is 13.0. The molecule has 10 heteroatoms. The molecular formula is C25H30N4O5S. The van der Waals surface area contributed by atoms with Gasteiger partial charge in [-0.1, -0.05) is 17.7 Å². The van der Waals surface area contributed by atoms with Crippen molar-refractivity contribution < 1.29 is 22.8 Å². The fourth-order valence-corrected chi connectivity index (χ4v) is 5.80. The van der Waals surface area contributed by atoms with E-state index >= 15 is 0 Å². The van der Waals surface area contributed by atoms with Crippen LogP contribution in [0.3, 0.4) is 0 Å². The number of sulfonamides is 1. The van der Waals surface area contributed by atoms with Crippen molar-refractivity contribution in [3.63, 3.8) is 0 Å². The summed E-state index contributed by atoms with van der Waals surface area (Å²) in [6.45, 7) is 3.63. The maximum absolute atomic E-state index is 13.0. The van der Waals surface area contributed by atoms with Gasteiger partial charge in [0.1, 0.15) is 0 Å². The van der Waals surface area contributed by atoms with Crippen LogP contribution in [0, 0.1) is 6.92 Å². The van der Waals surface area contributed by atoms with Crippen molar-refractivity contribution in [2.75, 3.05) is 44.2 Å². The van der Waals surface area contributed by atoms with Gasteiger partial charge in [0.05, 0.1) is 11.4 Å². The molecule has 2 aliphatic heterocycles. The summed E-state index contributed by atoms with van der Waals surface area (Å²) < 4.78 is 27.4. The first-order valence-corrected chi connectivity index (χ1v) is 13.2. The van der Waals surface area contributed by atoms with Crippen LogP contribution >= 0.6 is 0 Å². The summed E-state index contributed by atoms with van der Waals surface area (Å²) in [7, 11) is -3.63. The molecule has 0 spiro atoms. The minimum atomic E-state index is -3.63. The molecule has 186 valence electrons. The Bertz CT molecular complexity index is 1200. The second kappa shape index (κ2) is 10.6. The van der Waals surface area contributed by atoms with E-state index in [-0.39, 0.29) is 42.3 Å². The Morgan fingerprint density at radius 3 is 2.26 bits per heavy atom. The number of hydrogen-bond donors (Lipinski definition) is 1. The summed E-state index contributed by atoms with van der Waals surface area (Å²) in [5.74, 6) is -0.557. The normalized spacial score (nSPS) is 17.3. The van der Waals surface area contributed by atoms with Gasteiger partial charge in [0.2, 0.25) is 21.8 Å². The molecule has 0 aliphatic carbocycles. The van der Waals surface area contributed by atoms with Crippen LogP contribution in [-0.2, 0) is 19.6 Å². The Labute approximate surface area is 205 Å². The van der Waals surface area contributed by atoms with Gasteiger partial charge in [-0.15, -0.1) is 0 Å². The van der Waals surface area contributed by atoms with Gasteiger partial charge in [-0.25, -0.2) is 8.42 Å². The van der Waals surface area contributed by atoms with Crippen LogP contribution in [0.1, 0.15) is 35.2 Å². The van der Waals surface area contributed by atoms with Crippen LogP contribution in [-0.4, -0.2) is 74.6 Å². The molecule has 3 amide bonds. The third-order valence-corrected chi connectivity index (χ3v) is 8.29. The molecule has 35 heavy (non-hydrogen) atoms. The topological polar surface area (TPSA) is 107 Å². The molecule has 2 heterocycles. The molecule has 0 unspecified atom stereocenters. The quantitative estimate of drug-likeness (QED) is 0.653. The van der Waals surface area contributed by atoms with Crippen LogP contribution in [0.2, 0.25) is 0 Å². The second-order valence-corrected chi connectivity index (χ2v) is 10.8. The van der Waals surface area contributed by atoms with E-state index in [2.05, 4.69) is 5.32 Å². The molecule has 2 saturated heterocycles. The lowest BCUT2D eigenvalue weighted by Crippen LogP contribution is -2.42. The van der Waals surface area contributed by atoms with Gasteiger partial charge in [0, 0.05) is 50.4 Å². The minimum Gasteiger partial charge on any atom is -0.343 e. The van der Waals surface area contributed by atoms with Gasteiger partial charge >= 0.3 is 0 Å². The predicted molar refractivity (Wildman–Crippen MR) is 131 cm³/mol. The van der Waals surface area contributed by atoms with Crippen molar-refractivity contribution in [1.29, 1.82) is 0 Å². The Morgan fingerprint density at radius 2 is 1.60 bits per heavy atom. The number of nitrogens with zero attached hydrogens (tertiary/aromatic N) is 3. The molecule has 2 aliphatic rings. The van der Waals surface area contributed by atoms with E-state index < -0.39 is 10.0 Å². The zero-order chi connectivity index (χ0) is 25.0. The number of nitrogens with one attached hydrogen (secondary N) is 1. The molecule has 0 bridgehead atoms. The number of amides is 3. The van der Waals surface area contributed by atoms with E-state index in [1.165, 1.54) is 4.31 Å². The predicted octanol–water partition coefficient (Wildman–Crippen LogP) is 1.77. The fraction of sp³-hybridized carbons (Fsp3) is 0.400. The number of carbonyl (C=O) groups excluding carboxylic acids is 3. The minimum absolute atomic E-state index is 0.0791. The number of hydrogen-bond acceptors (Lipinski definition) is 5. The monoisotopic (exact) mass is 498 g/mol. The van der Waals surface area contributed by atoms with Crippen molar-refractivity contribution in [3.05, 3.63) is 59.7 Å². The first-order chi connectivity index (χ1) is 16.8. The lowest BCUT2D eigenvalue weighted by Gasteiger charge is -2.22. The standard InChI is InChI=1S/C25H30N4O5S/c1-19-5-11-22(12-6-19)35(33,34)28-14-3-13-27(16-17-28)24(31)18-26-25(32)20-7-9-21(10-8-20)29-15-2-4-23(29)30/h5-12H,2-4,13-18H2,1H3,(H,26,32). The number of rotatable bonds is 6. The molecule has 0 radical (unpaired) electrons. The Kier molecular flexibility index (Phi) is 7.51. The average Bonchev–Trinajstić information content (AvgIpc) is 3.12. The second-order valence-electron chi connectivity index (χ2n) is 8.83. The van der Waals surface area contributed by atoms with E-state index in [9.17, 15) is 22.8 Å². The van der Waals surface area contributed by atoms with E-state index in [4.69, 9.17) is 0 Å². The van der Waals surface area contributed by atoms with E-state index in [0.29, 0.717) is 38.0 Å². The van der Waals surface area contributed by atoms with Gasteiger partial charge in [-0.2, -0.15) is 4.31 Å². The summed E-state index contributed by atoms with van der Waals surface area (Å²) >= 11 is 0. The zero-order valence-electron chi connectivity index (χ0n) is 19.8. The van der Waals surface area contributed by atoms with Gasteiger partial charge in [0.15, 0.2) is 0 Å². The van der Waals surface area contributed by atoms with E-state index in [1.54, 1.807) is 58.3 Å². The van der Waals surface area contributed by atoms with Crippen molar-refractivity contribution >= 4 is 33.4 Å². The van der Waals surface area contributed by atoms with Crippen LogP contribution in [0.15, 0.2) is 53.4 Å². The van der Waals surface area contributed by atoms with Gasteiger partial charge in [0.25, 0.3) is 5.91 Å². The number of benzene rings is 2. The van der Waals surface area contributed by atoms with Crippen LogP contribution in [0.5, 0.6) is 0 Å². The third-order valence-electron chi connectivity index (χ3n) is 6.38. The van der Waals surface area contributed by atoms with Crippen LogP contribution < -0.4 is 10.2 Å². The zero-order valence-corrected chi connectivity index (χ0v) is 20.6. The highest BCUT2D eigenvalue weighted by Gasteiger charge is 2.28. The highest BCUT2D eigenvalue weighted by atomic mass is 32.2.